The molecule has 1 atom stereocenters. The zero-order valence-electron chi connectivity index (χ0n) is 17.6. The number of aromatic nitrogens is 4. The molecule has 1 aromatic carbocycles. The molecule has 7 heteroatoms. The van der Waals surface area contributed by atoms with Crippen molar-refractivity contribution in [3.8, 4) is 0 Å². The number of pyridine rings is 1. The van der Waals surface area contributed by atoms with Crippen molar-refractivity contribution in [2.75, 3.05) is 24.6 Å². The third-order valence-electron chi connectivity index (χ3n) is 6.70. The molecule has 31 heavy (non-hydrogen) atoms. The molecule has 2 saturated heterocycles. The number of ether oxygens (including phenoxy) is 1. The summed E-state index contributed by atoms with van der Waals surface area (Å²) >= 11 is 1.70. The van der Waals surface area contributed by atoms with Gasteiger partial charge in [0.2, 0.25) is 5.95 Å². The van der Waals surface area contributed by atoms with Gasteiger partial charge in [0.05, 0.1) is 23.1 Å². The van der Waals surface area contributed by atoms with Crippen molar-refractivity contribution in [2.45, 2.75) is 42.1 Å². The second-order valence-corrected chi connectivity index (χ2v) is 9.87. The normalized spacial score (nSPS) is 20.8. The first-order valence-electron chi connectivity index (χ1n) is 10.9. The monoisotopic (exact) mass is 431 g/mol. The molecule has 0 N–H and O–H groups in total. The summed E-state index contributed by atoms with van der Waals surface area (Å²) in [7, 11) is 0. The van der Waals surface area contributed by atoms with Crippen LogP contribution in [0.15, 0.2) is 64.9 Å². The summed E-state index contributed by atoms with van der Waals surface area (Å²) in [6.45, 7) is 5.13. The Morgan fingerprint density at radius 2 is 1.94 bits per heavy atom. The molecule has 0 aliphatic carbocycles. The maximum Gasteiger partial charge on any atom is 0.211 e. The molecule has 2 aliphatic heterocycles. The third kappa shape index (κ3) is 3.36. The van der Waals surface area contributed by atoms with E-state index in [0.717, 1.165) is 59.9 Å². The van der Waals surface area contributed by atoms with E-state index < -0.39 is 0 Å². The maximum atomic E-state index is 5.89. The van der Waals surface area contributed by atoms with Crippen LogP contribution in [0.3, 0.4) is 0 Å². The molecule has 6 nitrogen and oxygen atoms in total. The predicted molar refractivity (Wildman–Crippen MR) is 123 cm³/mol. The fraction of sp³-hybridized carbons (Fsp3) is 0.375. The summed E-state index contributed by atoms with van der Waals surface area (Å²) in [6, 6.07) is 10.3. The zero-order valence-corrected chi connectivity index (χ0v) is 18.4. The lowest BCUT2D eigenvalue weighted by atomic mass is 9.77. The van der Waals surface area contributed by atoms with Gasteiger partial charge in [-0.1, -0.05) is 23.9 Å². The highest BCUT2D eigenvalue weighted by Crippen LogP contribution is 2.43. The van der Waals surface area contributed by atoms with Gasteiger partial charge in [0, 0.05) is 48.2 Å². The Hall–Kier alpha value is -2.64. The number of benzene rings is 1. The number of fused-ring (bicyclic) bond motifs is 2. The average molecular weight is 432 g/mol. The van der Waals surface area contributed by atoms with Crippen molar-refractivity contribution < 1.29 is 4.74 Å². The number of rotatable bonds is 3. The van der Waals surface area contributed by atoms with E-state index in [-0.39, 0.29) is 0 Å². The fourth-order valence-electron chi connectivity index (χ4n) is 5.05. The standard InChI is InChI=1S/C24H25N5OS/c1-17-14-24(16-30-17)7-11-28(12-8-24)23-27-15-21(22-26-10-13-29(22)23)31-20-6-2-5-19-18(20)4-3-9-25-19/h2-6,9-10,13,15,17H,7-8,11-12,14,16H2,1H3/t17-/m0/s1. The van der Waals surface area contributed by atoms with Gasteiger partial charge in [0.15, 0.2) is 5.65 Å². The topological polar surface area (TPSA) is 55.6 Å². The molecule has 4 aromatic rings. The van der Waals surface area contributed by atoms with Gasteiger partial charge < -0.3 is 9.64 Å². The second-order valence-electron chi connectivity index (χ2n) is 8.78. The lowest BCUT2D eigenvalue weighted by Crippen LogP contribution is -2.41. The molecule has 0 saturated carbocycles. The van der Waals surface area contributed by atoms with Crippen molar-refractivity contribution in [3.63, 3.8) is 0 Å². The van der Waals surface area contributed by atoms with E-state index in [1.54, 1.807) is 11.8 Å². The maximum absolute atomic E-state index is 5.89. The third-order valence-corrected chi connectivity index (χ3v) is 7.78. The predicted octanol–water partition coefficient (Wildman–Crippen LogP) is 4.82. The van der Waals surface area contributed by atoms with Crippen LogP contribution < -0.4 is 4.90 Å². The van der Waals surface area contributed by atoms with Crippen molar-refractivity contribution >= 4 is 34.3 Å². The minimum Gasteiger partial charge on any atom is -0.378 e. The van der Waals surface area contributed by atoms with Crippen LogP contribution in [0.5, 0.6) is 0 Å². The highest BCUT2D eigenvalue weighted by molar-refractivity contribution is 7.99. The van der Waals surface area contributed by atoms with Crippen LogP contribution in [0.1, 0.15) is 26.2 Å². The summed E-state index contributed by atoms with van der Waals surface area (Å²) in [5.74, 6) is 0.984. The van der Waals surface area contributed by atoms with E-state index in [4.69, 9.17) is 9.72 Å². The number of hydrogen-bond donors (Lipinski definition) is 0. The highest BCUT2D eigenvalue weighted by Gasteiger charge is 2.41. The largest absolute Gasteiger partial charge is 0.378 e. The van der Waals surface area contributed by atoms with Gasteiger partial charge in [0.1, 0.15) is 0 Å². The van der Waals surface area contributed by atoms with E-state index in [1.807, 2.05) is 36.9 Å². The van der Waals surface area contributed by atoms with E-state index in [2.05, 4.69) is 44.4 Å². The van der Waals surface area contributed by atoms with Crippen LogP contribution in [0.4, 0.5) is 5.95 Å². The fourth-order valence-corrected chi connectivity index (χ4v) is 6.06. The minimum absolute atomic E-state index is 0.363. The number of nitrogens with zero attached hydrogens (tertiary/aromatic N) is 5. The van der Waals surface area contributed by atoms with Gasteiger partial charge in [-0.25, -0.2) is 9.97 Å². The molecule has 3 aromatic heterocycles. The summed E-state index contributed by atoms with van der Waals surface area (Å²) in [6.07, 6.45) is 11.6. The summed E-state index contributed by atoms with van der Waals surface area (Å²) in [5.41, 5.74) is 2.32. The van der Waals surface area contributed by atoms with Crippen LogP contribution in [-0.4, -0.2) is 45.2 Å². The molecule has 6 rings (SSSR count). The molecule has 0 radical (unpaired) electrons. The van der Waals surface area contributed by atoms with Crippen molar-refractivity contribution in [1.82, 2.24) is 19.4 Å². The van der Waals surface area contributed by atoms with Gasteiger partial charge in [-0.2, -0.15) is 0 Å². The molecule has 2 aliphatic rings. The minimum atomic E-state index is 0.363. The Labute approximate surface area is 185 Å². The first kappa shape index (κ1) is 19.1. The van der Waals surface area contributed by atoms with Gasteiger partial charge >= 0.3 is 0 Å². The Bertz CT molecular complexity index is 1240. The van der Waals surface area contributed by atoms with Gasteiger partial charge in [-0.3, -0.25) is 9.38 Å². The Balaban J connectivity index is 1.29. The van der Waals surface area contributed by atoms with Crippen LogP contribution in [0.2, 0.25) is 0 Å². The smallest absolute Gasteiger partial charge is 0.211 e. The Morgan fingerprint density at radius 1 is 1.03 bits per heavy atom. The van der Waals surface area contributed by atoms with Gasteiger partial charge in [-0.15, -0.1) is 0 Å². The zero-order chi connectivity index (χ0) is 20.8. The molecule has 5 heterocycles. The molecular formula is C24H25N5OS. The molecule has 0 amide bonds. The first-order chi connectivity index (χ1) is 15.2. The Kier molecular flexibility index (Phi) is 4.61. The summed E-state index contributed by atoms with van der Waals surface area (Å²) in [4.78, 5) is 18.7. The molecule has 2 fully saturated rings. The van der Waals surface area contributed by atoms with Crippen molar-refractivity contribution in [3.05, 3.63) is 55.1 Å². The highest BCUT2D eigenvalue weighted by atomic mass is 32.2. The number of anilines is 1. The number of hydrogen-bond acceptors (Lipinski definition) is 6. The van der Waals surface area contributed by atoms with Crippen LogP contribution in [0.25, 0.3) is 16.6 Å². The molecule has 1 spiro atoms. The summed E-state index contributed by atoms with van der Waals surface area (Å²) < 4.78 is 8.03. The second kappa shape index (κ2) is 7.50. The van der Waals surface area contributed by atoms with Crippen LogP contribution >= 0.6 is 11.8 Å². The van der Waals surface area contributed by atoms with E-state index in [0.29, 0.717) is 11.5 Å². The molecule has 158 valence electrons. The van der Waals surface area contributed by atoms with Crippen LogP contribution in [0, 0.1) is 5.41 Å². The van der Waals surface area contributed by atoms with Gasteiger partial charge in [-0.05, 0) is 49.8 Å². The number of imidazole rings is 1. The SMILES string of the molecule is C[C@H]1CC2(CCN(c3ncc(Sc4cccc5ncccc45)c4nccn34)CC2)CO1. The van der Waals surface area contributed by atoms with Crippen molar-refractivity contribution in [1.29, 1.82) is 0 Å². The van der Waals surface area contributed by atoms with Crippen LogP contribution in [-0.2, 0) is 4.74 Å². The van der Waals surface area contributed by atoms with E-state index >= 15 is 0 Å². The summed E-state index contributed by atoms with van der Waals surface area (Å²) in [5, 5.41) is 1.15. The lowest BCUT2D eigenvalue weighted by Gasteiger charge is -2.39. The molecule has 0 unspecified atom stereocenters. The first-order valence-corrected chi connectivity index (χ1v) is 11.7. The van der Waals surface area contributed by atoms with E-state index in [9.17, 15) is 0 Å². The molecule has 0 bridgehead atoms. The average Bonchev–Trinajstić information content (AvgIpc) is 3.43. The molecular weight excluding hydrogens is 406 g/mol. The van der Waals surface area contributed by atoms with Gasteiger partial charge in [0.25, 0.3) is 0 Å². The quantitative estimate of drug-likeness (QED) is 0.463. The number of piperidine rings is 1. The Morgan fingerprint density at radius 3 is 2.77 bits per heavy atom. The lowest BCUT2D eigenvalue weighted by molar-refractivity contribution is 0.0975. The van der Waals surface area contributed by atoms with Crippen molar-refractivity contribution in [2.24, 2.45) is 5.41 Å². The van der Waals surface area contributed by atoms with E-state index in [1.165, 1.54) is 11.3 Å².